The number of alkyl halides is 1. The zero-order chi connectivity index (χ0) is 8.10. The van der Waals surface area contributed by atoms with Gasteiger partial charge in [0.15, 0.2) is 0 Å². The van der Waals surface area contributed by atoms with Gasteiger partial charge in [0.1, 0.15) is 11.5 Å². The van der Waals surface area contributed by atoms with Crippen LogP contribution in [0.5, 0.6) is 0 Å². The fraction of sp³-hybridized carbons (Fsp3) is 0.556. The monoisotopic (exact) mass is 264 g/mol. The standard InChI is InChI=1S/C9H13IO/c1-2-3-4-8-5-6-9(7-10)11-8/h5-6H,2-4,7H2,1H3. The van der Waals surface area contributed by atoms with Crippen LogP contribution in [-0.2, 0) is 10.8 Å². The second kappa shape index (κ2) is 4.80. The van der Waals surface area contributed by atoms with Crippen molar-refractivity contribution in [1.82, 2.24) is 0 Å². The van der Waals surface area contributed by atoms with Gasteiger partial charge >= 0.3 is 0 Å². The zero-order valence-corrected chi connectivity index (χ0v) is 8.93. The smallest absolute Gasteiger partial charge is 0.113 e. The Morgan fingerprint density at radius 1 is 1.36 bits per heavy atom. The van der Waals surface area contributed by atoms with E-state index in [0.29, 0.717) is 0 Å². The summed E-state index contributed by atoms with van der Waals surface area (Å²) in [6.07, 6.45) is 3.56. The van der Waals surface area contributed by atoms with Crippen molar-refractivity contribution in [3.63, 3.8) is 0 Å². The van der Waals surface area contributed by atoms with E-state index < -0.39 is 0 Å². The first-order valence-corrected chi connectivity index (χ1v) is 5.53. The molecule has 1 nitrogen and oxygen atoms in total. The van der Waals surface area contributed by atoms with Gasteiger partial charge in [0, 0.05) is 6.42 Å². The fourth-order valence-electron chi connectivity index (χ4n) is 0.980. The van der Waals surface area contributed by atoms with Gasteiger partial charge in [0.25, 0.3) is 0 Å². The maximum Gasteiger partial charge on any atom is 0.113 e. The van der Waals surface area contributed by atoms with Crippen molar-refractivity contribution >= 4 is 22.6 Å². The van der Waals surface area contributed by atoms with Crippen molar-refractivity contribution in [1.29, 1.82) is 0 Å². The van der Waals surface area contributed by atoms with E-state index in [-0.39, 0.29) is 0 Å². The van der Waals surface area contributed by atoms with Crippen LogP contribution >= 0.6 is 22.6 Å². The molecule has 1 heterocycles. The molecule has 1 aromatic rings. The summed E-state index contributed by atoms with van der Waals surface area (Å²) >= 11 is 2.31. The molecule has 1 rings (SSSR count). The van der Waals surface area contributed by atoms with E-state index >= 15 is 0 Å². The number of aryl methyl sites for hydroxylation is 1. The largest absolute Gasteiger partial charge is 0.465 e. The summed E-state index contributed by atoms with van der Waals surface area (Å²) in [5, 5.41) is 0. The second-order valence-corrected chi connectivity index (χ2v) is 3.37. The fourth-order valence-corrected chi connectivity index (χ4v) is 1.39. The van der Waals surface area contributed by atoms with E-state index in [4.69, 9.17) is 4.42 Å². The molecule has 0 aliphatic rings. The predicted octanol–water partition coefficient (Wildman–Crippen LogP) is 3.56. The summed E-state index contributed by atoms with van der Waals surface area (Å²) in [5.74, 6) is 2.23. The summed E-state index contributed by atoms with van der Waals surface area (Å²) in [7, 11) is 0. The summed E-state index contributed by atoms with van der Waals surface area (Å²) in [6, 6.07) is 4.15. The number of hydrogen-bond donors (Lipinski definition) is 0. The van der Waals surface area contributed by atoms with Crippen LogP contribution in [0.2, 0.25) is 0 Å². The van der Waals surface area contributed by atoms with Gasteiger partial charge in [-0.3, -0.25) is 0 Å². The van der Waals surface area contributed by atoms with Gasteiger partial charge in [-0.1, -0.05) is 35.9 Å². The number of furan rings is 1. The average molecular weight is 264 g/mol. The number of rotatable bonds is 4. The number of unbranched alkanes of at least 4 members (excludes halogenated alkanes) is 1. The SMILES string of the molecule is CCCCc1ccc(CI)o1. The number of hydrogen-bond acceptors (Lipinski definition) is 1. The third-order valence-electron chi connectivity index (χ3n) is 1.63. The molecular weight excluding hydrogens is 251 g/mol. The first-order chi connectivity index (χ1) is 5.36. The number of halogens is 1. The van der Waals surface area contributed by atoms with Crippen LogP contribution in [0, 0.1) is 0 Å². The molecule has 0 unspecified atom stereocenters. The molecule has 0 aliphatic carbocycles. The normalized spacial score (nSPS) is 10.4. The van der Waals surface area contributed by atoms with Gasteiger partial charge in [-0.15, -0.1) is 0 Å². The third-order valence-corrected chi connectivity index (χ3v) is 2.38. The molecule has 2 heteroatoms. The van der Waals surface area contributed by atoms with E-state index in [1.165, 1.54) is 12.8 Å². The molecule has 62 valence electrons. The molecule has 0 saturated carbocycles. The molecule has 0 aliphatic heterocycles. The summed E-state index contributed by atoms with van der Waals surface area (Å²) in [6.45, 7) is 2.20. The predicted molar refractivity (Wildman–Crippen MR) is 55.0 cm³/mol. The van der Waals surface area contributed by atoms with Crippen molar-refractivity contribution in [2.24, 2.45) is 0 Å². The molecule has 0 spiro atoms. The van der Waals surface area contributed by atoms with Crippen LogP contribution in [0.1, 0.15) is 31.3 Å². The molecule has 11 heavy (non-hydrogen) atoms. The van der Waals surface area contributed by atoms with Gasteiger partial charge in [0.2, 0.25) is 0 Å². The van der Waals surface area contributed by atoms with Crippen LogP contribution in [0.3, 0.4) is 0 Å². The Morgan fingerprint density at radius 2 is 2.09 bits per heavy atom. The van der Waals surface area contributed by atoms with Crippen molar-refractivity contribution < 1.29 is 4.42 Å². The van der Waals surface area contributed by atoms with Crippen molar-refractivity contribution in [2.45, 2.75) is 30.6 Å². The van der Waals surface area contributed by atoms with E-state index in [2.05, 4.69) is 41.6 Å². The minimum absolute atomic E-state index is 0.976. The van der Waals surface area contributed by atoms with E-state index in [1.807, 2.05) is 0 Å². The average Bonchev–Trinajstić information content (AvgIpc) is 2.48. The van der Waals surface area contributed by atoms with Gasteiger partial charge in [0.05, 0.1) is 4.43 Å². The lowest BCUT2D eigenvalue weighted by Gasteiger charge is -1.92. The minimum Gasteiger partial charge on any atom is -0.465 e. The van der Waals surface area contributed by atoms with E-state index in [9.17, 15) is 0 Å². The van der Waals surface area contributed by atoms with Crippen LogP contribution in [-0.4, -0.2) is 0 Å². The van der Waals surface area contributed by atoms with Crippen molar-refractivity contribution in [3.05, 3.63) is 23.7 Å². The maximum atomic E-state index is 5.53. The van der Waals surface area contributed by atoms with Crippen LogP contribution in [0.15, 0.2) is 16.5 Å². The molecule has 1 aromatic heterocycles. The molecular formula is C9H13IO. The summed E-state index contributed by atoms with van der Waals surface area (Å²) in [4.78, 5) is 0. The Labute approximate surface area is 81.3 Å². The van der Waals surface area contributed by atoms with Crippen molar-refractivity contribution in [3.8, 4) is 0 Å². The zero-order valence-electron chi connectivity index (χ0n) is 6.77. The molecule has 0 amide bonds. The van der Waals surface area contributed by atoms with Crippen LogP contribution in [0.25, 0.3) is 0 Å². The molecule has 0 saturated heterocycles. The Kier molecular flexibility index (Phi) is 3.97. The van der Waals surface area contributed by atoms with Gasteiger partial charge < -0.3 is 4.42 Å². The van der Waals surface area contributed by atoms with Gasteiger partial charge in [-0.05, 0) is 18.6 Å². The summed E-state index contributed by atoms with van der Waals surface area (Å²) < 4.78 is 6.50. The molecule has 0 bridgehead atoms. The Morgan fingerprint density at radius 3 is 2.64 bits per heavy atom. The Balaban J connectivity index is 2.44. The third kappa shape index (κ3) is 2.85. The highest BCUT2D eigenvalue weighted by atomic mass is 127. The molecule has 0 fully saturated rings. The van der Waals surface area contributed by atoms with Gasteiger partial charge in [-0.2, -0.15) is 0 Å². The van der Waals surface area contributed by atoms with E-state index in [1.54, 1.807) is 0 Å². The first kappa shape index (κ1) is 9.10. The molecule has 0 N–H and O–H groups in total. The maximum absolute atomic E-state index is 5.53. The lowest BCUT2D eigenvalue weighted by atomic mass is 10.2. The highest BCUT2D eigenvalue weighted by molar-refractivity contribution is 14.1. The quantitative estimate of drug-likeness (QED) is 0.598. The second-order valence-electron chi connectivity index (χ2n) is 2.61. The summed E-state index contributed by atoms with van der Waals surface area (Å²) in [5.41, 5.74) is 0. The Bertz CT molecular complexity index is 205. The minimum atomic E-state index is 0.976. The lowest BCUT2D eigenvalue weighted by molar-refractivity contribution is 0.475. The van der Waals surface area contributed by atoms with Crippen molar-refractivity contribution in [2.75, 3.05) is 0 Å². The first-order valence-electron chi connectivity index (χ1n) is 4.00. The molecule has 0 radical (unpaired) electrons. The Hall–Kier alpha value is 0.01000. The highest BCUT2D eigenvalue weighted by Crippen LogP contribution is 2.13. The van der Waals surface area contributed by atoms with E-state index in [0.717, 1.165) is 22.4 Å². The van der Waals surface area contributed by atoms with Crippen LogP contribution < -0.4 is 0 Å². The van der Waals surface area contributed by atoms with Crippen LogP contribution in [0.4, 0.5) is 0 Å². The lowest BCUT2D eigenvalue weighted by Crippen LogP contribution is -1.78. The molecule has 0 atom stereocenters. The van der Waals surface area contributed by atoms with Gasteiger partial charge in [-0.25, -0.2) is 0 Å². The topological polar surface area (TPSA) is 13.1 Å². The molecule has 0 aromatic carbocycles. The highest BCUT2D eigenvalue weighted by Gasteiger charge is 1.98.